The van der Waals surface area contributed by atoms with Crippen molar-refractivity contribution < 1.29 is 23.8 Å². The van der Waals surface area contributed by atoms with Crippen molar-refractivity contribution in [3.05, 3.63) is 66.5 Å². The minimum absolute atomic E-state index is 0.0604. The highest BCUT2D eigenvalue weighted by Crippen LogP contribution is 2.36. The maximum Gasteiger partial charge on any atom is 0.333 e. The first-order valence-electron chi connectivity index (χ1n) is 8.21. The van der Waals surface area contributed by atoms with Crippen molar-refractivity contribution >= 4 is 27.5 Å². The molecule has 1 atom stereocenters. The third kappa shape index (κ3) is 3.53. The fourth-order valence-electron chi connectivity index (χ4n) is 2.72. The molecular weight excluding hydrogens is 335 g/mol. The highest BCUT2D eigenvalue weighted by Gasteiger charge is 2.17. The van der Waals surface area contributed by atoms with Crippen LogP contribution in [-0.2, 0) is 9.53 Å². The lowest BCUT2D eigenvalue weighted by atomic mass is 10.0. The van der Waals surface area contributed by atoms with Crippen LogP contribution >= 0.6 is 0 Å². The summed E-state index contributed by atoms with van der Waals surface area (Å²) in [6.07, 6.45) is -0.846. The number of aliphatic hydroxyl groups excluding tert-OH is 1. The van der Waals surface area contributed by atoms with Gasteiger partial charge in [-0.15, -0.1) is 0 Å². The van der Waals surface area contributed by atoms with Crippen LogP contribution in [0.3, 0.4) is 0 Å². The van der Waals surface area contributed by atoms with Gasteiger partial charge in [-0.1, -0.05) is 43.0 Å². The molecule has 1 N–H and O–H groups in total. The van der Waals surface area contributed by atoms with E-state index in [1.54, 1.807) is 18.2 Å². The second kappa shape index (κ2) is 7.54. The molecule has 0 fully saturated rings. The Morgan fingerprint density at radius 3 is 2.62 bits per heavy atom. The lowest BCUT2D eigenvalue weighted by molar-refractivity contribution is -0.147. The van der Waals surface area contributed by atoms with Crippen molar-refractivity contribution in [3.8, 4) is 5.75 Å². The Bertz CT molecular complexity index is 980. The van der Waals surface area contributed by atoms with Gasteiger partial charge in [0, 0.05) is 21.7 Å². The molecule has 0 amide bonds. The molecule has 0 saturated carbocycles. The molecular formula is C21H19FO4. The van der Waals surface area contributed by atoms with Crippen LogP contribution in [0.25, 0.3) is 21.5 Å². The number of carbonyl (C=O) groups excluding carboxylic acids is 1. The van der Waals surface area contributed by atoms with Crippen LogP contribution < -0.4 is 4.74 Å². The van der Waals surface area contributed by atoms with Crippen LogP contribution in [0.2, 0.25) is 0 Å². The zero-order valence-corrected chi connectivity index (χ0v) is 14.4. The van der Waals surface area contributed by atoms with Gasteiger partial charge < -0.3 is 14.6 Å². The number of hydrogen-bond acceptors (Lipinski definition) is 4. The van der Waals surface area contributed by atoms with Crippen molar-refractivity contribution in [1.82, 2.24) is 0 Å². The fourth-order valence-corrected chi connectivity index (χ4v) is 2.72. The lowest BCUT2D eigenvalue weighted by Crippen LogP contribution is -2.28. The van der Waals surface area contributed by atoms with Crippen molar-refractivity contribution in [2.24, 2.45) is 0 Å². The number of ether oxygens (including phenoxy) is 2. The molecule has 3 rings (SSSR count). The quantitative estimate of drug-likeness (QED) is 0.413. The van der Waals surface area contributed by atoms with E-state index in [2.05, 4.69) is 6.58 Å². The number of halogens is 1. The van der Waals surface area contributed by atoms with Gasteiger partial charge in [-0.3, -0.25) is 0 Å². The molecule has 0 saturated heterocycles. The maximum absolute atomic E-state index is 14.2. The van der Waals surface area contributed by atoms with Gasteiger partial charge in [0.2, 0.25) is 0 Å². The largest absolute Gasteiger partial charge is 0.488 e. The average Bonchev–Trinajstić information content (AvgIpc) is 2.64. The van der Waals surface area contributed by atoms with Gasteiger partial charge in [0.05, 0.1) is 6.61 Å². The van der Waals surface area contributed by atoms with Crippen LogP contribution in [0.15, 0.2) is 60.7 Å². The second-order valence-electron chi connectivity index (χ2n) is 6.06. The van der Waals surface area contributed by atoms with Crippen LogP contribution in [0.4, 0.5) is 4.39 Å². The average molecular weight is 354 g/mol. The maximum atomic E-state index is 14.2. The van der Waals surface area contributed by atoms with Gasteiger partial charge in [0.15, 0.2) is 6.10 Å². The monoisotopic (exact) mass is 354 g/mol. The summed E-state index contributed by atoms with van der Waals surface area (Å²) in [6.45, 7) is 4.59. The van der Waals surface area contributed by atoms with E-state index in [1.165, 1.54) is 13.0 Å². The summed E-state index contributed by atoms with van der Waals surface area (Å²) in [5.41, 5.74) is 0.237. The van der Waals surface area contributed by atoms with Gasteiger partial charge in [-0.2, -0.15) is 0 Å². The van der Waals surface area contributed by atoms with Gasteiger partial charge >= 0.3 is 5.97 Å². The second-order valence-corrected chi connectivity index (χ2v) is 6.06. The first-order valence-corrected chi connectivity index (χ1v) is 8.21. The third-order valence-electron chi connectivity index (χ3n) is 4.04. The van der Waals surface area contributed by atoms with Crippen LogP contribution in [0, 0.1) is 5.82 Å². The van der Waals surface area contributed by atoms with Crippen molar-refractivity contribution in [2.45, 2.75) is 13.0 Å². The number of carbonyl (C=O) groups is 1. The van der Waals surface area contributed by atoms with Gasteiger partial charge in [0.1, 0.15) is 18.2 Å². The molecule has 0 spiro atoms. The molecule has 0 aromatic heterocycles. The van der Waals surface area contributed by atoms with Crippen molar-refractivity contribution in [1.29, 1.82) is 0 Å². The Balaban J connectivity index is 1.98. The molecule has 3 aromatic rings. The summed E-state index contributed by atoms with van der Waals surface area (Å²) in [6, 6.07) is 14.0. The topological polar surface area (TPSA) is 55.8 Å². The number of fused-ring (bicyclic) bond motifs is 2. The van der Waals surface area contributed by atoms with Crippen LogP contribution in [-0.4, -0.2) is 30.4 Å². The summed E-state index contributed by atoms with van der Waals surface area (Å²) in [4.78, 5) is 11.7. The van der Waals surface area contributed by atoms with Gasteiger partial charge in [0.25, 0.3) is 0 Å². The molecule has 0 aliphatic rings. The van der Waals surface area contributed by atoms with E-state index < -0.39 is 18.7 Å². The summed E-state index contributed by atoms with van der Waals surface area (Å²) in [5, 5.41) is 12.2. The van der Waals surface area contributed by atoms with E-state index in [0.29, 0.717) is 16.5 Å². The molecule has 1 unspecified atom stereocenters. The molecule has 0 heterocycles. The van der Waals surface area contributed by atoms with E-state index in [1.807, 2.05) is 24.3 Å². The summed E-state index contributed by atoms with van der Waals surface area (Å²) < 4.78 is 25.3. The summed E-state index contributed by atoms with van der Waals surface area (Å²) in [7, 11) is 0. The predicted molar refractivity (Wildman–Crippen MR) is 98.7 cm³/mol. The lowest BCUT2D eigenvalue weighted by Gasteiger charge is -2.18. The third-order valence-corrected chi connectivity index (χ3v) is 4.04. The normalized spacial score (nSPS) is 12.1. The molecule has 0 aliphatic carbocycles. The highest BCUT2D eigenvalue weighted by molar-refractivity contribution is 6.05. The molecule has 3 aromatic carbocycles. The Labute approximate surface area is 150 Å². The fraction of sp³-hybridized carbons (Fsp3) is 0.190. The molecule has 4 nitrogen and oxygen atoms in total. The van der Waals surface area contributed by atoms with E-state index in [4.69, 9.17) is 9.47 Å². The van der Waals surface area contributed by atoms with Crippen LogP contribution in [0.1, 0.15) is 6.92 Å². The van der Waals surface area contributed by atoms with E-state index >= 15 is 0 Å². The Hall–Kier alpha value is -2.92. The molecule has 0 aliphatic heterocycles. The predicted octanol–water partition coefficient (Wildman–Crippen LogP) is 3.99. The van der Waals surface area contributed by atoms with Crippen molar-refractivity contribution in [3.63, 3.8) is 0 Å². The molecule has 5 heteroatoms. The molecule has 134 valence electrons. The number of hydrogen-bond donors (Lipinski definition) is 1. The minimum Gasteiger partial charge on any atom is -0.488 e. The number of rotatable bonds is 6. The first kappa shape index (κ1) is 17.9. The zero-order chi connectivity index (χ0) is 18.7. The van der Waals surface area contributed by atoms with Gasteiger partial charge in [-0.25, -0.2) is 9.18 Å². The summed E-state index contributed by atoms with van der Waals surface area (Å²) in [5.74, 6) is -0.450. The Morgan fingerprint density at radius 2 is 1.88 bits per heavy atom. The smallest absolute Gasteiger partial charge is 0.333 e. The Morgan fingerprint density at radius 1 is 1.15 bits per heavy atom. The summed E-state index contributed by atoms with van der Waals surface area (Å²) >= 11 is 0. The SMILES string of the molecule is C=C(C)C(=O)OC(CO)COc1c2ccccc2cc2c(F)cccc12. The van der Waals surface area contributed by atoms with Crippen LogP contribution in [0.5, 0.6) is 5.75 Å². The first-order chi connectivity index (χ1) is 12.5. The van der Waals surface area contributed by atoms with E-state index in [0.717, 1.165) is 10.8 Å². The number of esters is 1. The van der Waals surface area contributed by atoms with Crippen molar-refractivity contribution in [2.75, 3.05) is 13.2 Å². The highest BCUT2D eigenvalue weighted by atomic mass is 19.1. The molecule has 0 bridgehead atoms. The molecule has 26 heavy (non-hydrogen) atoms. The molecule has 0 radical (unpaired) electrons. The number of benzene rings is 3. The standard InChI is InChI=1S/C21H19FO4/c1-13(2)21(24)26-15(11-23)12-25-20-16-7-4-3-6-14(16)10-18-17(20)8-5-9-19(18)22/h3-10,15,23H,1,11-12H2,2H3. The van der Waals surface area contributed by atoms with E-state index in [9.17, 15) is 14.3 Å². The zero-order valence-electron chi connectivity index (χ0n) is 14.4. The van der Waals surface area contributed by atoms with Gasteiger partial charge in [-0.05, 0) is 24.4 Å². The minimum atomic E-state index is -0.846. The van der Waals surface area contributed by atoms with E-state index in [-0.39, 0.29) is 18.0 Å². The Kier molecular flexibility index (Phi) is 5.19. The number of aliphatic hydroxyl groups is 1.